The molecule has 2 rings (SSSR count). The maximum atomic E-state index is 12.7. The first-order valence-electron chi connectivity index (χ1n) is 7.15. The lowest BCUT2D eigenvalue weighted by Gasteiger charge is -2.18. The zero-order valence-corrected chi connectivity index (χ0v) is 14.4. The van der Waals surface area contributed by atoms with Crippen LogP contribution in [0.3, 0.4) is 0 Å². The van der Waals surface area contributed by atoms with Crippen molar-refractivity contribution >= 4 is 33.2 Å². The maximum absolute atomic E-state index is 12.7. The predicted molar refractivity (Wildman–Crippen MR) is 86.5 cm³/mol. The first-order chi connectivity index (χ1) is 9.96. The molecule has 1 heterocycles. The van der Waals surface area contributed by atoms with Gasteiger partial charge in [0.2, 0.25) is 10.0 Å². The lowest BCUT2D eigenvalue weighted by Crippen LogP contribution is -2.28. The summed E-state index contributed by atoms with van der Waals surface area (Å²) in [6.45, 7) is 4.52. The Balaban J connectivity index is 2.34. The van der Waals surface area contributed by atoms with Crippen LogP contribution in [0, 0.1) is 0 Å². The minimum absolute atomic E-state index is 0.117. The summed E-state index contributed by atoms with van der Waals surface area (Å²) in [6.07, 6.45) is 2.78. The second-order valence-corrected chi connectivity index (χ2v) is 7.89. The molecular weight excluding hydrogens is 331 g/mol. The highest BCUT2D eigenvalue weighted by Gasteiger charge is 2.30. The van der Waals surface area contributed by atoms with Gasteiger partial charge in [0.05, 0.1) is 5.02 Å². The van der Waals surface area contributed by atoms with E-state index in [1.165, 1.54) is 10.4 Å². The monoisotopic (exact) mass is 350 g/mol. The van der Waals surface area contributed by atoms with Crippen LogP contribution in [0.2, 0.25) is 10.0 Å². The van der Waals surface area contributed by atoms with Gasteiger partial charge in [-0.2, -0.15) is 4.31 Å². The summed E-state index contributed by atoms with van der Waals surface area (Å²) in [5.41, 5.74) is 0.718. The summed E-state index contributed by atoms with van der Waals surface area (Å²) in [7, 11) is -3.56. The molecule has 0 bridgehead atoms. The van der Waals surface area contributed by atoms with Gasteiger partial charge in [-0.1, -0.05) is 30.1 Å². The number of hydrogen-bond acceptors (Lipinski definition) is 3. The Hall–Kier alpha value is -0.330. The van der Waals surface area contributed by atoms with Crippen molar-refractivity contribution in [1.82, 2.24) is 9.62 Å². The highest BCUT2D eigenvalue weighted by Crippen LogP contribution is 2.32. The average Bonchev–Trinajstić information content (AvgIpc) is 2.97. The van der Waals surface area contributed by atoms with Gasteiger partial charge in [-0.25, -0.2) is 8.42 Å². The zero-order chi connectivity index (χ0) is 15.5. The van der Waals surface area contributed by atoms with Crippen LogP contribution in [-0.4, -0.2) is 32.4 Å². The summed E-state index contributed by atoms with van der Waals surface area (Å²) in [5, 5.41) is 3.88. The van der Waals surface area contributed by atoms with Gasteiger partial charge < -0.3 is 5.32 Å². The van der Waals surface area contributed by atoms with Crippen molar-refractivity contribution < 1.29 is 8.42 Å². The van der Waals surface area contributed by atoms with E-state index in [1.54, 1.807) is 6.07 Å². The second-order valence-electron chi connectivity index (χ2n) is 5.17. The van der Waals surface area contributed by atoms with E-state index in [0.717, 1.165) is 31.4 Å². The summed E-state index contributed by atoms with van der Waals surface area (Å²) in [6, 6.07) is 3.16. The van der Waals surface area contributed by atoms with Crippen LogP contribution in [0.5, 0.6) is 0 Å². The largest absolute Gasteiger partial charge is 0.313 e. The van der Waals surface area contributed by atoms with E-state index in [4.69, 9.17) is 23.2 Å². The minimum atomic E-state index is -3.56. The van der Waals surface area contributed by atoms with Gasteiger partial charge in [0.15, 0.2) is 0 Å². The van der Waals surface area contributed by atoms with E-state index in [9.17, 15) is 8.42 Å². The summed E-state index contributed by atoms with van der Waals surface area (Å²) >= 11 is 12.4. The molecule has 0 aliphatic carbocycles. The summed E-state index contributed by atoms with van der Waals surface area (Å²) in [5.74, 6) is 0. The van der Waals surface area contributed by atoms with Gasteiger partial charge in [0.25, 0.3) is 0 Å². The smallest absolute Gasteiger partial charge is 0.244 e. The van der Waals surface area contributed by atoms with E-state index in [0.29, 0.717) is 24.7 Å². The molecule has 1 aromatic rings. The molecule has 0 spiro atoms. The lowest BCUT2D eigenvalue weighted by atomic mass is 10.2. The van der Waals surface area contributed by atoms with Crippen molar-refractivity contribution in [1.29, 1.82) is 0 Å². The van der Waals surface area contributed by atoms with Crippen LogP contribution in [-0.2, 0) is 16.6 Å². The SMILES string of the molecule is CCCNCc1cc(Cl)cc(S(=O)(=O)N2CCCC2)c1Cl. The predicted octanol–water partition coefficient (Wildman–Crippen LogP) is 3.28. The molecule has 0 saturated carbocycles. The van der Waals surface area contributed by atoms with Crippen molar-refractivity contribution in [3.63, 3.8) is 0 Å². The average molecular weight is 351 g/mol. The van der Waals surface area contributed by atoms with Crippen molar-refractivity contribution in [2.75, 3.05) is 19.6 Å². The quantitative estimate of drug-likeness (QED) is 0.801. The Morgan fingerprint density at radius 1 is 1.24 bits per heavy atom. The molecule has 0 aromatic heterocycles. The van der Waals surface area contributed by atoms with Gasteiger partial charge in [-0.05, 0) is 43.5 Å². The van der Waals surface area contributed by atoms with Crippen molar-refractivity contribution in [3.8, 4) is 0 Å². The number of nitrogens with one attached hydrogen (secondary N) is 1. The molecular formula is C14H20Cl2N2O2S. The maximum Gasteiger partial charge on any atom is 0.244 e. The molecule has 1 aliphatic rings. The van der Waals surface area contributed by atoms with Crippen LogP contribution in [0.1, 0.15) is 31.7 Å². The van der Waals surface area contributed by atoms with Crippen molar-refractivity contribution in [2.24, 2.45) is 0 Å². The van der Waals surface area contributed by atoms with Crippen molar-refractivity contribution in [3.05, 3.63) is 27.7 Å². The molecule has 1 aliphatic heterocycles. The topological polar surface area (TPSA) is 49.4 Å². The molecule has 0 unspecified atom stereocenters. The molecule has 4 nitrogen and oxygen atoms in total. The van der Waals surface area contributed by atoms with Crippen LogP contribution in [0.4, 0.5) is 0 Å². The van der Waals surface area contributed by atoms with Gasteiger partial charge in [-0.3, -0.25) is 0 Å². The highest BCUT2D eigenvalue weighted by atomic mass is 35.5. The molecule has 1 fully saturated rings. The van der Waals surface area contributed by atoms with Gasteiger partial charge in [-0.15, -0.1) is 0 Å². The van der Waals surface area contributed by atoms with Crippen LogP contribution >= 0.6 is 23.2 Å². The minimum Gasteiger partial charge on any atom is -0.313 e. The lowest BCUT2D eigenvalue weighted by molar-refractivity contribution is 0.477. The van der Waals surface area contributed by atoms with Crippen molar-refractivity contribution in [2.45, 2.75) is 37.6 Å². The third kappa shape index (κ3) is 3.90. The number of halogens is 2. The normalized spacial score (nSPS) is 16.5. The molecule has 1 saturated heterocycles. The molecule has 1 N–H and O–H groups in total. The molecule has 7 heteroatoms. The Labute approximate surface area is 136 Å². The molecule has 118 valence electrons. The number of rotatable bonds is 6. The zero-order valence-electron chi connectivity index (χ0n) is 12.0. The van der Waals surface area contributed by atoms with Crippen LogP contribution in [0.25, 0.3) is 0 Å². The van der Waals surface area contributed by atoms with Gasteiger partial charge in [0, 0.05) is 24.7 Å². The standard InChI is InChI=1S/C14H20Cl2N2O2S/c1-2-5-17-10-11-8-12(15)9-13(14(11)16)21(19,20)18-6-3-4-7-18/h8-9,17H,2-7,10H2,1H3. The van der Waals surface area contributed by atoms with E-state index in [2.05, 4.69) is 12.2 Å². The second kappa shape index (κ2) is 7.29. The Morgan fingerprint density at radius 2 is 1.90 bits per heavy atom. The van der Waals surface area contributed by atoms with Crippen LogP contribution < -0.4 is 5.32 Å². The third-order valence-electron chi connectivity index (χ3n) is 3.50. The van der Waals surface area contributed by atoms with Gasteiger partial charge >= 0.3 is 0 Å². The third-order valence-corrected chi connectivity index (χ3v) is 6.20. The van der Waals surface area contributed by atoms with E-state index < -0.39 is 10.0 Å². The summed E-state index contributed by atoms with van der Waals surface area (Å²) < 4.78 is 26.8. The fourth-order valence-corrected chi connectivity index (χ4v) is 4.83. The molecule has 21 heavy (non-hydrogen) atoms. The Kier molecular flexibility index (Phi) is 5.91. The van der Waals surface area contributed by atoms with E-state index in [1.807, 2.05) is 0 Å². The molecule has 1 aromatic carbocycles. The Morgan fingerprint density at radius 3 is 2.52 bits per heavy atom. The first kappa shape index (κ1) is 17.0. The highest BCUT2D eigenvalue weighted by molar-refractivity contribution is 7.89. The number of benzene rings is 1. The molecule has 0 radical (unpaired) electrons. The number of nitrogens with zero attached hydrogens (tertiary/aromatic N) is 1. The molecule has 0 amide bonds. The first-order valence-corrected chi connectivity index (χ1v) is 9.35. The number of hydrogen-bond donors (Lipinski definition) is 1. The fraction of sp³-hybridized carbons (Fsp3) is 0.571. The van der Waals surface area contributed by atoms with E-state index in [-0.39, 0.29) is 9.92 Å². The number of sulfonamides is 1. The van der Waals surface area contributed by atoms with Crippen LogP contribution in [0.15, 0.2) is 17.0 Å². The summed E-state index contributed by atoms with van der Waals surface area (Å²) in [4.78, 5) is 0.117. The Bertz CT molecular complexity index is 599. The fourth-order valence-electron chi connectivity index (χ4n) is 2.40. The van der Waals surface area contributed by atoms with E-state index >= 15 is 0 Å². The molecule has 0 atom stereocenters. The van der Waals surface area contributed by atoms with Gasteiger partial charge in [0.1, 0.15) is 4.90 Å².